The van der Waals surface area contributed by atoms with Gasteiger partial charge in [-0.25, -0.2) is 0 Å². The largest absolute Gasteiger partial charge is 0.312 e. The first-order valence-corrected chi connectivity index (χ1v) is 7.20. The summed E-state index contributed by atoms with van der Waals surface area (Å²) in [6.07, 6.45) is 1.05. The third-order valence-corrected chi connectivity index (χ3v) is 4.49. The highest BCUT2D eigenvalue weighted by Gasteiger charge is 2.08. The molecule has 0 spiro atoms. The van der Waals surface area contributed by atoms with Gasteiger partial charge in [-0.05, 0) is 56.3 Å². The van der Waals surface area contributed by atoms with Gasteiger partial charge in [0.1, 0.15) is 0 Å². The molecule has 2 aromatic rings. The van der Waals surface area contributed by atoms with Crippen LogP contribution in [-0.4, -0.2) is 16.3 Å². The van der Waals surface area contributed by atoms with Crippen molar-refractivity contribution in [3.8, 4) is 0 Å². The van der Waals surface area contributed by atoms with Crippen LogP contribution in [0.3, 0.4) is 0 Å². The highest BCUT2D eigenvalue weighted by molar-refractivity contribution is 7.10. The minimum Gasteiger partial charge on any atom is -0.312 e. The summed E-state index contributed by atoms with van der Waals surface area (Å²) in [6.45, 7) is 8.37. The molecule has 1 N–H and O–H groups in total. The molecule has 0 aliphatic rings. The summed E-state index contributed by atoms with van der Waals surface area (Å²) in [5.74, 6) is 0. The smallest absolute Gasteiger partial charge is 0.0628 e. The third-order valence-electron chi connectivity index (χ3n) is 3.46. The van der Waals surface area contributed by atoms with E-state index in [0.29, 0.717) is 0 Å². The Balaban J connectivity index is 1.84. The van der Waals surface area contributed by atoms with E-state index < -0.39 is 0 Å². The van der Waals surface area contributed by atoms with Gasteiger partial charge in [-0.3, -0.25) is 4.68 Å². The van der Waals surface area contributed by atoms with E-state index >= 15 is 0 Å². The summed E-state index contributed by atoms with van der Waals surface area (Å²) in [5.41, 5.74) is 5.21. The molecule has 0 amide bonds. The Morgan fingerprint density at radius 3 is 2.67 bits per heavy atom. The lowest BCUT2D eigenvalue weighted by Crippen LogP contribution is -2.17. The summed E-state index contributed by atoms with van der Waals surface area (Å²) >= 11 is 1.83. The topological polar surface area (TPSA) is 29.9 Å². The van der Waals surface area contributed by atoms with Crippen LogP contribution in [0.1, 0.15) is 27.4 Å². The van der Waals surface area contributed by atoms with Crippen LogP contribution in [0.4, 0.5) is 0 Å². The van der Waals surface area contributed by atoms with Crippen molar-refractivity contribution in [2.45, 2.75) is 33.7 Å². The normalized spacial score (nSPS) is 11.1. The Kier molecular flexibility index (Phi) is 4.19. The van der Waals surface area contributed by atoms with Crippen molar-refractivity contribution in [1.82, 2.24) is 15.1 Å². The van der Waals surface area contributed by atoms with Crippen molar-refractivity contribution in [1.29, 1.82) is 0 Å². The van der Waals surface area contributed by atoms with E-state index in [1.807, 2.05) is 23.1 Å². The molecule has 18 heavy (non-hydrogen) atoms. The fourth-order valence-corrected chi connectivity index (χ4v) is 3.06. The molecule has 0 aliphatic heterocycles. The molecule has 4 heteroatoms. The summed E-state index contributed by atoms with van der Waals surface area (Å²) in [7, 11) is 2.01. The molecule has 0 aromatic carbocycles. The molecule has 0 saturated carbocycles. The summed E-state index contributed by atoms with van der Waals surface area (Å²) in [5, 5.41) is 10.1. The summed E-state index contributed by atoms with van der Waals surface area (Å²) < 4.78 is 1.97. The van der Waals surface area contributed by atoms with Crippen LogP contribution in [0.15, 0.2) is 11.4 Å². The number of aromatic nitrogens is 2. The van der Waals surface area contributed by atoms with E-state index in [9.17, 15) is 0 Å². The van der Waals surface area contributed by atoms with Gasteiger partial charge in [0.2, 0.25) is 0 Å². The maximum Gasteiger partial charge on any atom is 0.0628 e. The van der Waals surface area contributed by atoms with E-state index in [-0.39, 0.29) is 0 Å². The highest BCUT2D eigenvalue weighted by atomic mass is 32.1. The lowest BCUT2D eigenvalue weighted by molar-refractivity contribution is 0.686. The number of thiophene rings is 1. The first kappa shape index (κ1) is 13.3. The van der Waals surface area contributed by atoms with E-state index in [1.54, 1.807) is 0 Å². The summed E-state index contributed by atoms with van der Waals surface area (Å²) in [4.78, 5) is 1.44. The van der Waals surface area contributed by atoms with Gasteiger partial charge < -0.3 is 5.32 Å². The van der Waals surface area contributed by atoms with Crippen molar-refractivity contribution >= 4 is 11.3 Å². The fourth-order valence-electron chi connectivity index (χ4n) is 2.18. The zero-order valence-corrected chi connectivity index (χ0v) is 12.4. The monoisotopic (exact) mass is 263 g/mol. The van der Waals surface area contributed by atoms with Crippen molar-refractivity contribution in [3.63, 3.8) is 0 Å². The molecule has 0 bridgehead atoms. The van der Waals surface area contributed by atoms with Crippen LogP contribution < -0.4 is 5.32 Å². The number of hydrogen-bond donors (Lipinski definition) is 1. The Morgan fingerprint density at radius 2 is 2.11 bits per heavy atom. The van der Waals surface area contributed by atoms with E-state index in [4.69, 9.17) is 0 Å². The molecule has 2 rings (SSSR count). The Bertz CT molecular complexity index is 525. The molecule has 2 heterocycles. The number of hydrogen-bond acceptors (Lipinski definition) is 3. The molecule has 0 unspecified atom stereocenters. The van der Waals surface area contributed by atoms with Crippen LogP contribution in [0, 0.1) is 20.8 Å². The zero-order chi connectivity index (χ0) is 13.1. The van der Waals surface area contributed by atoms with Crippen molar-refractivity contribution < 1.29 is 0 Å². The van der Waals surface area contributed by atoms with Crippen LogP contribution >= 0.6 is 11.3 Å². The molecule has 3 nitrogen and oxygen atoms in total. The van der Waals surface area contributed by atoms with Gasteiger partial charge in [0.05, 0.1) is 5.69 Å². The quantitative estimate of drug-likeness (QED) is 0.841. The fraction of sp³-hybridized carbons (Fsp3) is 0.500. The zero-order valence-electron chi connectivity index (χ0n) is 11.6. The number of nitrogens with zero attached hydrogens (tertiary/aromatic N) is 2. The van der Waals surface area contributed by atoms with E-state index in [2.05, 4.69) is 42.6 Å². The molecule has 2 aromatic heterocycles. The first-order valence-electron chi connectivity index (χ1n) is 6.32. The molecule has 98 valence electrons. The second-order valence-corrected chi connectivity index (χ2v) is 5.73. The lowest BCUT2D eigenvalue weighted by Gasteiger charge is -2.05. The average molecular weight is 263 g/mol. The highest BCUT2D eigenvalue weighted by Crippen LogP contribution is 2.15. The molecule has 0 saturated heterocycles. The maximum absolute atomic E-state index is 4.44. The molecular weight excluding hydrogens is 242 g/mol. The van der Waals surface area contributed by atoms with Crippen LogP contribution in [0.5, 0.6) is 0 Å². The predicted molar refractivity (Wildman–Crippen MR) is 77.1 cm³/mol. The van der Waals surface area contributed by atoms with Crippen molar-refractivity contribution in [2.75, 3.05) is 6.54 Å². The van der Waals surface area contributed by atoms with E-state index in [0.717, 1.165) is 25.2 Å². The standard InChI is InChI=1S/C14H21N3S/c1-10-6-8-18-14(10)9-15-7-5-13-11(2)16-17(4)12(13)3/h6,8,15H,5,7,9H2,1-4H3. The number of nitrogens with one attached hydrogen (secondary N) is 1. The first-order chi connectivity index (χ1) is 8.59. The molecule has 0 radical (unpaired) electrons. The molecule has 0 atom stereocenters. The minimum atomic E-state index is 0.974. The maximum atomic E-state index is 4.44. The predicted octanol–water partition coefficient (Wildman–Crippen LogP) is 2.74. The van der Waals surface area contributed by atoms with Gasteiger partial charge in [-0.15, -0.1) is 11.3 Å². The molecule has 0 aliphatic carbocycles. The molecular formula is C14H21N3S. The lowest BCUT2D eigenvalue weighted by atomic mass is 10.1. The SMILES string of the molecule is Cc1ccsc1CNCCc1c(C)nn(C)c1C. The second kappa shape index (κ2) is 5.67. The Labute approximate surface area is 113 Å². The van der Waals surface area contributed by atoms with Crippen molar-refractivity contribution in [2.24, 2.45) is 7.05 Å². The van der Waals surface area contributed by atoms with Crippen LogP contribution in [-0.2, 0) is 20.0 Å². The van der Waals surface area contributed by atoms with Gasteiger partial charge >= 0.3 is 0 Å². The minimum absolute atomic E-state index is 0.974. The van der Waals surface area contributed by atoms with Gasteiger partial charge in [-0.2, -0.15) is 5.10 Å². The van der Waals surface area contributed by atoms with Gasteiger partial charge in [0.25, 0.3) is 0 Å². The van der Waals surface area contributed by atoms with E-state index in [1.165, 1.54) is 21.7 Å². The number of rotatable bonds is 5. The van der Waals surface area contributed by atoms with Gasteiger partial charge in [-0.1, -0.05) is 0 Å². The Morgan fingerprint density at radius 1 is 1.33 bits per heavy atom. The van der Waals surface area contributed by atoms with Crippen LogP contribution in [0.25, 0.3) is 0 Å². The average Bonchev–Trinajstić information content (AvgIpc) is 2.83. The van der Waals surface area contributed by atoms with Crippen LogP contribution in [0.2, 0.25) is 0 Å². The number of aryl methyl sites for hydroxylation is 3. The molecule has 0 fully saturated rings. The van der Waals surface area contributed by atoms with Crippen molar-refractivity contribution in [3.05, 3.63) is 38.8 Å². The summed E-state index contributed by atoms with van der Waals surface area (Å²) in [6, 6.07) is 2.18. The second-order valence-electron chi connectivity index (χ2n) is 4.73. The Hall–Kier alpha value is -1.13. The third kappa shape index (κ3) is 2.82. The van der Waals surface area contributed by atoms with Gasteiger partial charge in [0, 0.05) is 24.2 Å². The van der Waals surface area contributed by atoms with Gasteiger partial charge in [0.15, 0.2) is 0 Å².